The number of hydrogen-bond acceptors (Lipinski definition) is 4. The minimum absolute atomic E-state index is 0.110. The molecule has 0 aliphatic heterocycles. The first-order chi connectivity index (χ1) is 14.1. The van der Waals surface area contributed by atoms with E-state index in [-0.39, 0.29) is 35.8 Å². The van der Waals surface area contributed by atoms with E-state index >= 15 is 0 Å². The highest BCUT2D eigenvalue weighted by Gasteiger charge is 2.18. The smallest absolute Gasteiger partial charge is 0.317 e. The van der Waals surface area contributed by atoms with Crippen LogP contribution in [0.1, 0.15) is 30.5 Å². The largest absolute Gasteiger partial charge is 0.339 e. The van der Waals surface area contributed by atoms with Crippen molar-refractivity contribution in [1.29, 1.82) is 0 Å². The standard InChI is InChI=1S/C22H29N3O4S/c1-17(19-10-12-20(13-11-19)30(4,28)29)25(3)21(26)14-15-23-22(27)24(2)16-18-8-6-5-7-9-18/h5-13,17H,14-16H2,1-4H3,(H,23,27). The maximum absolute atomic E-state index is 12.5. The molecule has 3 amide bonds. The van der Waals surface area contributed by atoms with Crippen LogP contribution in [0.5, 0.6) is 0 Å². The Morgan fingerprint density at radius 1 is 1.00 bits per heavy atom. The number of benzene rings is 2. The van der Waals surface area contributed by atoms with Gasteiger partial charge in [0, 0.05) is 39.9 Å². The molecule has 1 N–H and O–H groups in total. The van der Waals surface area contributed by atoms with E-state index in [1.54, 1.807) is 48.2 Å². The molecule has 0 fully saturated rings. The van der Waals surface area contributed by atoms with Crippen molar-refractivity contribution in [1.82, 2.24) is 15.1 Å². The van der Waals surface area contributed by atoms with Crippen LogP contribution in [-0.2, 0) is 21.2 Å². The molecule has 0 spiro atoms. The number of carbonyl (C=O) groups excluding carboxylic acids is 2. The normalized spacial score (nSPS) is 12.1. The first-order valence-electron chi connectivity index (χ1n) is 9.68. The Hall–Kier alpha value is -2.87. The zero-order valence-corrected chi connectivity index (χ0v) is 18.6. The van der Waals surface area contributed by atoms with Crippen molar-refractivity contribution >= 4 is 21.8 Å². The third-order valence-corrected chi connectivity index (χ3v) is 6.12. The Labute approximate surface area is 178 Å². The zero-order chi connectivity index (χ0) is 22.3. The topological polar surface area (TPSA) is 86.8 Å². The fourth-order valence-corrected chi connectivity index (χ4v) is 3.58. The summed E-state index contributed by atoms with van der Waals surface area (Å²) in [6.45, 7) is 2.60. The van der Waals surface area contributed by atoms with E-state index in [0.29, 0.717) is 6.54 Å². The van der Waals surface area contributed by atoms with Gasteiger partial charge in [0.2, 0.25) is 5.91 Å². The molecule has 2 rings (SSSR count). The van der Waals surface area contributed by atoms with Crippen LogP contribution in [0.25, 0.3) is 0 Å². The van der Waals surface area contributed by atoms with Crippen LogP contribution in [0.2, 0.25) is 0 Å². The van der Waals surface area contributed by atoms with Crippen molar-refractivity contribution < 1.29 is 18.0 Å². The Morgan fingerprint density at radius 2 is 1.60 bits per heavy atom. The molecule has 0 aliphatic carbocycles. The number of amides is 3. The van der Waals surface area contributed by atoms with E-state index in [2.05, 4.69) is 5.32 Å². The van der Waals surface area contributed by atoms with E-state index < -0.39 is 9.84 Å². The van der Waals surface area contributed by atoms with E-state index in [1.807, 2.05) is 37.3 Å². The second-order valence-corrected chi connectivity index (χ2v) is 9.36. The fraction of sp³-hybridized carbons (Fsp3) is 0.364. The van der Waals surface area contributed by atoms with Gasteiger partial charge in [0.15, 0.2) is 9.84 Å². The van der Waals surface area contributed by atoms with Gasteiger partial charge in [0.1, 0.15) is 0 Å². The van der Waals surface area contributed by atoms with Gasteiger partial charge in [0.25, 0.3) is 0 Å². The van der Waals surface area contributed by atoms with E-state index in [1.165, 1.54) is 0 Å². The first-order valence-corrected chi connectivity index (χ1v) is 11.6. The molecule has 2 aromatic rings. The van der Waals surface area contributed by atoms with Gasteiger partial charge in [-0.25, -0.2) is 13.2 Å². The Kier molecular flexibility index (Phi) is 8.00. The molecule has 162 valence electrons. The first kappa shape index (κ1) is 23.4. The van der Waals surface area contributed by atoms with E-state index in [0.717, 1.165) is 17.4 Å². The van der Waals surface area contributed by atoms with Crippen LogP contribution in [0.4, 0.5) is 4.79 Å². The van der Waals surface area contributed by atoms with Crippen molar-refractivity contribution in [2.75, 3.05) is 26.9 Å². The second kappa shape index (κ2) is 10.2. The summed E-state index contributed by atoms with van der Waals surface area (Å²) in [7, 11) is 0.148. The molecule has 0 radical (unpaired) electrons. The molecule has 1 unspecified atom stereocenters. The lowest BCUT2D eigenvalue weighted by Crippen LogP contribution is -2.39. The molecular weight excluding hydrogens is 402 g/mol. The molecule has 7 nitrogen and oxygen atoms in total. The third-order valence-electron chi connectivity index (χ3n) is 4.99. The number of rotatable bonds is 8. The number of hydrogen-bond donors (Lipinski definition) is 1. The highest BCUT2D eigenvalue weighted by Crippen LogP contribution is 2.21. The number of nitrogens with zero attached hydrogens (tertiary/aromatic N) is 2. The van der Waals surface area contributed by atoms with Gasteiger partial charge in [-0.1, -0.05) is 42.5 Å². The molecule has 30 heavy (non-hydrogen) atoms. The average molecular weight is 432 g/mol. The summed E-state index contributed by atoms with van der Waals surface area (Å²) in [6.07, 6.45) is 1.33. The minimum Gasteiger partial charge on any atom is -0.339 e. The maximum Gasteiger partial charge on any atom is 0.317 e. The third kappa shape index (κ3) is 6.59. The second-order valence-electron chi connectivity index (χ2n) is 7.35. The lowest BCUT2D eigenvalue weighted by Gasteiger charge is -2.26. The van der Waals surface area contributed by atoms with Crippen LogP contribution in [0.15, 0.2) is 59.5 Å². The summed E-state index contributed by atoms with van der Waals surface area (Å²) in [5, 5.41) is 2.76. The minimum atomic E-state index is -3.25. The Balaban J connectivity index is 1.82. The summed E-state index contributed by atoms with van der Waals surface area (Å²) in [5.74, 6) is -0.110. The fourth-order valence-electron chi connectivity index (χ4n) is 2.95. The van der Waals surface area contributed by atoms with Crippen molar-refractivity contribution in [2.45, 2.75) is 30.8 Å². The summed E-state index contributed by atoms with van der Waals surface area (Å²) >= 11 is 0. The summed E-state index contributed by atoms with van der Waals surface area (Å²) in [4.78, 5) is 28.1. The van der Waals surface area contributed by atoms with Gasteiger partial charge in [0.05, 0.1) is 10.9 Å². The van der Waals surface area contributed by atoms with Gasteiger partial charge in [-0.15, -0.1) is 0 Å². The van der Waals surface area contributed by atoms with E-state index in [9.17, 15) is 18.0 Å². The lowest BCUT2D eigenvalue weighted by molar-refractivity contribution is -0.131. The molecule has 1 atom stereocenters. The van der Waals surface area contributed by atoms with Gasteiger partial charge in [-0.05, 0) is 30.2 Å². The van der Waals surface area contributed by atoms with Crippen molar-refractivity contribution in [2.24, 2.45) is 0 Å². The number of nitrogens with one attached hydrogen (secondary N) is 1. The molecule has 0 aliphatic rings. The lowest BCUT2D eigenvalue weighted by atomic mass is 10.1. The average Bonchev–Trinajstić information content (AvgIpc) is 2.72. The van der Waals surface area contributed by atoms with Gasteiger partial charge < -0.3 is 15.1 Å². The van der Waals surface area contributed by atoms with Crippen LogP contribution >= 0.6 is 0 Å². The predicted octanol–water partition coefficient (Wildman–Crippen LogP) is 2.84. The van der Waals surface area contributed by atoms with Crippen molar-refractivity contribution in [3.05, 3.63) is 65.7 Å². The molecular formula is C22H29N3O4S. The number of carbonyl (C=O) groups is 2. The molecule has 0 saturated heterocycles. The van der Waals surface area contributed by atoms with Crippen LogP contribution < -0.4 is 5.32 Å². The molecule has 8 heteroatoms. The van der Waals surface area contributed by atoms with Gasteiger partial charge in [-0.3, -0.25) is 4.79 Å². The van der Waals surface area contributed by atoms with Crippen molar-refractivity contribution in [3.8, 4) is 0 Å². The highest BCUT2D eigenvalue weighted by molar-refractivity contribution is 7.90. The molecule has 0 bridgehead atoms. The van der Waals surface area contributed by atoms with Crippen LogP contribution in [-0.4, -0.2) is 57.1 Å². The van der Waals surface area contributed by atoms with Crippen molar-refractivity contribution in [3.63, 3.8) is 0 Å². The molecule has 0 heterocycles. The van der Waals surface area contributed by atoms with E-state index in [4.69, 9.17) is 0 Å². The SMILES string of the molecule is CC(c1ccc(S(C)(=O)=O)cc1)N(C)C(=O)CCNC(=O)N(C)Cc1ccccc1. The summed E-state index contributed by atoms with van der Waals surface area (Å²) < 4.78 is 23.2. The Morgan fingerprint density at radius 3 is 2.17 bits per heavy atom. The van der Waals surface area contributed by atoms with Crippen LogP contribution in [0.3, 0.4) is 0 Å². The zero-order valence-electron chi connectivity index (χ0n) is 17.8. The summed E-state index contributed by atoms with van der Waals surface area (Å²) in [5.41, 5.74) is 1.87. The van der Waals surface area contributed by atoms with Gasteiger partial charge in [-0.2, -0.15) is 0 Å². The molecule has 0 saturated carbocycles. The number of urea groups is 1. The highest BCUT2D eigenvalue weighted by atomic mass is 32.2. The maximum atomic E-state index is 12.5. The Bertz CT molecular complexity index is 960. The molecule has 0 aromatic heterocycles. The quantitative estimate of drug-likeness (QED) is 0.696. The summed E-state index contributed by atoms with van der Waals surface area (Å²) in [6, 6.07) is 15.7. The predicted molar refractivity (Wildman–Crippen MR) is 117 cm³/mol. The number of sulfone groups is 1. The molecule has 2 aromatic carbocycles. The monoisotopic (exact) mass is 431 g/mol. The van der Waals surface area contributed by atoms with Gasteiger partial charge >= 0.3 is 6.03 Å². The van der Waals surface area contributed by atoms with Crippen LogP contribution in [0, 0.1) is 0 Å².